The molecule has 0 spiro atoms. The maximum Gasteiger partial charge on any atom is 0.241 e. The number of carbonyl (C=O) groups is 1. The first kappa shape index (κ1) is 13.0. The third-order valence-corrected chi connectivity index (χ3v) is 4.61. The van der Waals surface area contributed by atoms with Crippen LogP contribution in [0.5, 0.6) is 0 Å². The minimum absolute atomic E-state index is 0.123. The number of aryl methyl sites for hydroxylation is 1. The van der Waals surface area contributed by atoms with E-state index in [1.165, 1.54) is 11.3 Å². The minimum atomic E-state index is -0.805. The predicted molar refractivity (Wildman–Crippen MR) is 69.9 cm³/mol. The number of carbonyl (C=O) groups excluding carboxylic acids is 1. The van der Waals surface area contributed by atoms with Crippen molar-refractivity contribution in [3.05, 3.63) is 16.1 Å². The quantitative estimate of drug-likeness (QED) is 0.911. The molecule has 1 N–H and O–H groups in total. The smallest absolute Gasteiger partial charge is 0.241 e. The van der Waals surface area contributed by atoms with Gasteiger partial charge in [0.05, 0.1) is 12.1 Å². The monoisotopic (exact) mass is 263 g/mol. The topological polar surface area (TPSA) is 65.8 Å². The van der Waals surface area contributed by atoms with E-state index in [1.54, 1.807) is 0 Å². The van der Waals surface area contributed by atoms with Gasteiger partial charge in [-0.15, -0.1) is 11.3 Å². The summed E-state index contributed by atoms with van der Waals surface area (Å²) in [5.41, 5.74) is 0.160. The molecule has 0 saturated heterocycles. The van der Waals surface area contributed by atoms with Crippen LogP contribution in [0.15, 0.2) is 5.38 Å². The Kier molecular flexibility index (Phi) is 3.67. The van der Waals surface area contributed by atoms with Gasteiger partial charge in [-0.05, 0) is 26.7 Å². The Hall–Kier alpha value is -1.41. The number of thiazole rings is 1. The molecule has 18 heavy (non-hydrogen) atoms. The highest BCUT2D eigenvalue weighted by Gasteiger charge is 2.42. The molecule has 0 aliphatic heterocycles. The second-order valence-corrected chi connectivity index (χ2v) is 5.81. The van der Waals surface area contributed by atoms with Crippen molar-refractivity contribution in [1.82, 2.24) is 10.3 Å². The van der Waals surface area contributed by atoms with Gasteiger partial charge in [-0.25, -0.2) is 4.98 Å². The molecule has 5 heteroatoms. The van der Waals surface area contributed by atoms with E-state index in [1.807, 2.05) is 19.2 Å². The van der Waals surface area contributed by atoms with Crippen LogP contribution < -0.4 is 5.32 Å². The van der Waals surface area contributed by atoms with E-state index in [2.05, 4.69) is 16.4 Å². The highest BCUT2D eigenvalue weighted by Crippen LogP contribution is 2.38. The van der Waals surface area contributed by atoms with Crippen LogP contribution in [0.3, 0.4) is 0 Å². The number of hydrogen-bond acceptors (Lipinski definition) is 4. The van der Waals surface area contributed by atoms with Crippen molar-refractivity contribution in [1.29, 1.82) is 5.26 Å². The number of nitriles is 1. The molecule has 1 aromatic heterocycles. The van der Waals surface area contributed by atoms with Gasteiger partial charge in [0.2, 0.25) is 5.91 Å². The summed E-state index contributed by atoms with van der Waals surface area (Å²) in [6.45, 7) is 3.85. The molecule has 1 amide bonds. The summed E-state index contributed by atoms with van der Waals surface area (Å²) in [6, 6.07) is 2.09. The van der Waals surface area contributed by atoms with E-state index in [0.29, 0.717) is 12.8 Å². The lowest BCUT2D eigenvalue weighted by Gasteiger charge is -2.21. The molecule has 1 atom stereocenters. The van der Waals surface area contributed by atoms with Crippen molar-refractivity contribution in [2.24, 2.45) is 5.41 Å². The number of rotatable bonds is 3. The van der Waals surface area contributed by atoms with E-state index in [0.717, 1.165) is 23.5 Å². The molecule has 1 aliphatic carbocycles. The predicted octanol–water partition coefficient (Wildman–Crippen LogP) is 2.71. The van der Waals surface area contributed by atoms with Crippen LogP contribution in [0.4, 0.5) is 0 Å². The van der Waals surface area contributed by atoms with Crippen molar-refractivity contribution < 1.29 is 4.79 Å². The molecule has 1 aliphatic rings. The van der Waals surface area contributed by atoms with Crippen molar-refractivity contribution in [2.75, 3.05) is 0 Å². The Balaban J connectivity index is 2.05. The number of amides is 1. The first-order valence-electron chi connectivity index (χ1n) is 6.22. The van der Waals surface area contributed by atoms with Gasteiger partial charge in [0.15, 0.2) is 0 Å². The second kappa shape index (κ2) is 5.07. The summed E-state index contributed by atoms with van der Waals surface area (Å²) in [6.07, 6.45) is 3.29. The van der Waals surface area contributed by atoms with E-state index in [4.69, 9.17) is 0 Å². The van der Waals surface area contributed by atoms with Gasteiger partial charge in [0.25, 0.3) is 0 Å². The molecular formula is C13H17N3OS. The zero-order chi connectivity index (χ0) is 13.2. The lowest BCUT2D eigenvalue weighted by Crippen LogP contribution is -2.39. The molecule has 1 unspecified atom stereocenters. The van der Waals surface area contributed by atoms with Gasteiger partial charge >= 0.3 is 0 Å². The molecule has 1 saturated carbocycles. The lowest BCUT2D eigenvalue weighted by atomic mass is 9.87. The largest absolute Gasteiger partial charge is 0.346 e. The Morgan fingerprint density at radius 2 is 2.28 bits per heavy atom. The summed E-state index contributed by atoms with van der Waals surface area (Å²) in [5, 5.41) is 15.0. The zero-order valence-electron chi connectivity index (χ0n) is 10.7. The molecule has 1 heterocycles. The van der Waals surface area contributed by atoms with E-state index in [-0.39, 0.29) is 11.9 Å². The number of aromatic nitrogens is 1. The van der Waals surface area contributed by atoms with E-state index < -0.39 is 5.41 Å². The van der Waals surface area contributed by atoms with Crippen molar-refractivity contribution in [3.63, 3.8) is 0 Å². The summed E-state index contributed by atoms with van der Waals surface area (Å²) in [7, 11) is 0. The summed E-state index contributed by atoms with van der Waals surface area (Å²) < 4.78 is 0. The number of hydrogen-bond donors (Lipinski definition) is 1. The highest BCUT2D eigenvalue weighted by molar-refractivity contribution is 7.09. The minimum Gasteiger partial charge on any atom is -0.346 e. The fraction of sp³-hybridized carbons (Fsp3) is 0.615. The number of nitrogens with one attached hydrogen (secondary N) is 1. The molecule has 1 aromatic rings. The van der Waals surface area contributed by atoms with Crippen LogP contribution in [-0.4, -0.2) is 10.9 Å². The maximum atomic E-state index is 12.2. The molecule has 4 nitrogen and oxygen atoms in total. The molecule has 0 bridgehead atoms. The average Bonchev–Trinajstić information content (AvgIpc) is 2.97. The lowest BCUT2D eigenvalue weighted by molar-refractivity contribution is -0.128. The zero-order valence-corrected chi connectivity index (χ0v) is 11.5. The Morgan fingerprint density at radius 3 is 2.78 bits per heavy atom. The second-order valence-electron chi connectivity index (χ2n) is 4.92. The van der Waals surface area contributed by atoms with Crippen molar-refractivity contribution in [3.8, 4) is 6.07 Å². The van der Waals surface area contributed by atoms with Crippen LogP contribution in [0.25, 0.3) is 0 Å². The maximum absolute atomic E-state index is 12.2. The van der Waals surface area contributed by atoms with Gasteiger partial charge in [-0.1, -0.05) is 12.8 Å². The van der Waals surface area contributed by atoms with Gasteiger partial charge < -0.3 is 5.32 Å². The summed E-state index contributed by atoms with van der Waals surface area (Å²) >= 11 is 1.54. The van der Waals surface area contributed by atoms with Crippen LogP contribution in [0.1, 0.15) is 49.4 Å². The molecule has 0 aromatic carbocycles. The van der Waals surface area contributed by atoms with Crippen LogP contribution >= 0.6 is 11.3 Å². The van der Waals surface area contributed by atoms with Crippen LogP contribution in [-0.2, 0) is 4.79 Å². The van der Waals surface area contributed by atoms with Crippen molar-refractivity contribution >= 4 is 17.2 Å². The first-order valence-corrected chi connectivity index (χ1v) is 7.09. The molecule has 2 rings (SSSR count). The Labute approximate surface area is 111 Å². The summed E-state index contributed by atoms with van der Waals surface area (Å²) in [5.74, 6) is -0.136. The highest BCUT2D eigenvalue weighted by atomic mass is 32.1. The average molecular weight is 263 g/mol. The Morgan fingerprint density at radius 1 is 1.61 bits per heavy atom. The SMILES string of the molecule is Cc1csc(C(C)NC(=O)C2(C#N)CCCC2)n1. The van der Waals surface area contributed by atoms with Crippen LogP contribution in [0, 0.1) is 23.7 Å². The third kappa shape index (κ3) is 2.39. The standard InChI is InChI=1S/C13H17N3OS/c1-9-7-18-11(15-9)10(2)16-12(17)13(8-14)5-3-4-6-13/h7,10H,3-6H2,1-2H3,(H,16,17). The molecule has 1 fully saturated rings. The van der Waals surface area contributed by atoms with Gasteiger partial charge in [0, 0.05) is 11.1 Å². The van der Waals surface area contributed by atoms with E-state index >= 15 is 0 Å². The first-order chi connectivity index (χ1) is 8.57. The molecular weight excluding hydrogens is 246 g/mol. The Bertz CT molecular complexity index is 483. The number of nitrogens with zero attached hydrogens (tertiary/aromatic N) is 2. The van der Waals surface area contributed by atoms with Crippen molar-refractivity contribution in [2.45, 2.75) is 45.6 Å². The van der Waals surface area contributed by atoms with Crippen LogP contribution in [0.2, 0.25) is 0 Å². The molecule has 96 valence electrons. The molecule has 0 radical (unpaired) electrons. The fourth-order valence-electron chi connectivity index (χ4n) is 2.34. The van der Waals surface area contributed by atoms with Gasteiger partial charge in [-0.2, -0.15) is 5.26 Å². The van der Waals surface area contributed by atoms with Gasteiger partial charge in [-0.3, -0.25) is 4.79 Å². The third-order valence-electron chi connectivity index (χ3n) is 3.46. The normalized spacial score (nSPS) is 19.2. The summed E-state index contributed by atoms with van der Waals surface area (Å²) in [4.78, 5) is 16.6. The van der Waals surface area contributed by atoms with Gasteiger partial charge in [0.1, 0.15) is 10.4 Å². The fourth-order valence-corrected chi connectivity index (χ4v) is 3.14. The van der Waals surface area contributed by atoms with E-state index in [9.17, 15) is 10.1 Å².